The number of esters is 9. The number of carboxylic acid groups (broad SMARTS) is 2. The van der Waals surface area contributed by atoms with Gasteiger partial charge in [0.05, 0.1) is 70.6 Å². The highest BCUT2D eigenvalue weighted by Gasteiger charge is 2.33. The predicted molar refractivity (Wildman–Crippen MR) is 491 cm³/mol. The van der Waals surface area contributed by atoms with E-state index >= 15 is 0 Å². The largest absolute Gasteiger partial charge is 0.483 e. The van der Waals surface area contributed by atoms with Gasteiger partial charge in [-0.05, 0) is 59.6 Å². The van der Waals surface area contributed by atoms with E-state index in [1.807, 2.05) is 228 Å². The van der Waals surface area contributed by atoms with E-state index in [4.69, 9.17) is 81.9 Å². The molecule has 0 rings (SSSR count). The van der Waals surface area contributed by atoms with Crippen LogP contribution in [0.5, 0.6) is 0 Å². The summed E-state index contributed by atoms with van der Waals surface area (Å²) < 4.78 is 135. The van der Waals surface area contributed by atoms with Crippen molar-refractivity contribution < 1.29 is 174 Å². The molecule has 37 nitrogen and oxygen atoms in total. The fourth-order valence-corrected chi connectivity index (χ4v) is 9.47. The lowest BCUT2D eigenvalue weighted by Gasteiger charge is -2.21. The number of phosphoric acid groups is 3. The van der Waals surface area contributed by atoms with Crippen molar-refractivity contribution in [3.05, 3.63) is 0 Å². The van der Waals surface area contributed by atoms with Crippen molar-refractivity contribution in [2.45, 2.75) is 336 Å². The molecule has 0 saturated heterocycles. The molecule has 0 aliphatic carbocycles. The first-order valence-electron chi connectivity index (χ1n) is 38.1. The molecule has 0 aliphatic heterocycles. The van der Waals surface area contributed by atoms with Gasteiger partial charge >= 0.3 is 96.1 Å². The highest BCUT2D eigenvalue weighted by atomic mass is 35.7. The van der Waals surface area contributed by atoms with E-state index in [9.17, 15) is 75.9 Å². The third kappa shape index (κ3) is 132. The molecule has 127 heavy (non-hydrogen) atoms. The van der Waals surface area contributed by atoms with E-state index in [1.165, 1.54) is 21.3 Å². The first-order chi connectivity index (χ1) is 54.1. The molecular weight excluding hydrogens is 1820 g/mol. The molecule has 0 bridgehead atoms. The summed E-state index contributed by atoms with van der Waals surface area (Å²) in [5.41, 5.74) is -2.11. The van der Waals surface area contributed by atoms with Gasteiger partial charge in [-0.15, -0.1) is 0 Å². The molecule has 44 heteroatoms. The molecule has 0 atom stereocenters. The Morgan fingerprint density at radius 2 is 0.370 bits per heavy atom. The van der Waals surface area contributed by atoms with Gasteiger partial charge in [0.1, 0.15) is 0 Å². The Morgan fingerprint density at radius 3 is 0.480 bits per heavy atom. The first kappa shape index (κ1) is 151. The number of halogens is 3. The zero-order valence-electron chi connectivity index (χ0n) is 79.3. The van der Waals surface area contributed by atoms with Gasteiger partial charge in [-0.25, -0.2) is 40.9 Å². The third-order valence-electron chi connectivity index (χ3n) is 11.6. The zero-order chi connectivity index (χ0) is 98.4. The smallest absolute Gasteiger partial charge is 0.481 e. The molecule has 0 aromatic carbocycles. The molecule has 0 aromatic rings. The number of carbonyl (C=O) groups is 11. The maximum Gasteiger partial charge on any atom is 0.483 e. The first-order valence-corrected chi connectivity index (χ1v) is 46.0. The van der Waals surface area contributed by atoms with Gasteiger partial charge in [-0.3, -0.25) is 75.4 Å². The lowest BCUT2D eigenvalue weighted by Crippen LogP contribution is -2.19. The number of carboxylic acids is 2. The Kier molecular flexibility index (Phi) is 84.5. The summed E-state index contributed by atoms with van der Waals surface area (Å²) in [6.07, 6.45) is 2.27. The number of aliphatic carboxylic acids is 2. The van der Waals surface area contributed by atoms with E-state index in [0.29, 0.717) is 12.8 Å². The van der Waals surface area contributed by atoms with Gasteiger partial charge in [0.15, 0.2) is 12.1 Å². The second-order valence-electron chi connectivity index (χ2n) is 39.8. The van der Waals surface area contributed by atoms with Gasteiger partial charge in [0.25, 0.3) is 0 Å². The second-order valence-corrected chi connectivity index (χ2v) is 48.0. The fourth-order valence-electron chi connectivity index (χ4n) is 6.89. The van der Waals surface area contributed by atoms with Crippen LogP contribution in [0.1, 0.15) is 336 Å². The van der Waals surface area contributed by atoms with Crippen LogP contribution in [-0.2, 0) is 159 Å². The molecular formula is C83H171Cl3O37P4. The number of hydrogen-bond acceptors (Lipinski definition) is 34. The Balaban J connectivity index is -0.000000112. The summed E-state index contributed by atoms with van der Waals surface area (Å²) in [4.78, 5) is 132. The van der Waals surface area contributed by atoms with Gasteiger partial charge in [0.2, 0.25) is 47.6 Å². The summed E-state index contributed by atoms with van der Waals surface area (Å²) in [6, 6.07) is -0.0934. The lowest BCUT2D eigenvalue weighted by molar-refractivity contribution is -0.160. The minimum Gasteiger partial charge on any atom is -0.481 e. The molecule has 0 heterocycles. The van der Waals surface area contributed by atoms with Crippen LogP contribution in [0, 0.1) is 59.6 Å². The number of alkyl halides is 2. The van der Waals surface area contributed by atoms with Crippen molar-refractivity contribution in [1.82, 2.24) is 0 Å². The van der Waals surface area contributed by atoms with Crippen molar-refractivity contribution in [2.24, 2.45) is 59.6 Å². The number of hydrogen-bond donors (Lipinski definition) is 3. The van der Waals surface area contributed by atoms with Crippen LogP contribution in [0.2, 0.25) is 0 Å². The molecule has 0 aliphatic rings. The number of rotatable bonds is 37. The van der Waals surface area contributed by atoms with Crippen molar-refractivity contribution >= 4 is 131 Å². The molecule has 0 aromatic heterocycles. The minimum absolute atomic E-state index is 0. The van der Waals surface area contributed by atoms with Crippen LogP contribution in [0.15, 0.2) is 0 Å². The van der Waals surface area contributed by atoms with Crippen molar-refractivity contribution in [2.75, 3.05) is 81.0 Å². The maximum absolute atomic E-state index is 12.8. The molecule has 0 spiro atoms. The van der Waals surface area contributed by atoms with Gasteiger partial charge in [0, 0.05) is 32.6 Å². The number of carbonyl (C=O) groups excluding carboxylic acids is 9. The zero-order valence-corrected chi connectivity index (χ0v) is 85.1. The molecule has 0 saturated carbocycles. The highest BCUT2D eigenvalue weighted by molar-refractivity contribution is 7.81. The van der Waals surface area contributed by atoms with E-state index in [1.54, 1.807) is 0 Å². The number of phosphoric ester groups is 3. The normalized spacial score (nSPS) is 11.8. The van der Waals surface area contributed by atoms with E-state index in [0.717, 1.165) is 0 Å². The summed E-state index contributed by atoms with van der Waals surface area (Å²) in [7, 11) is -8.22. The molecule has 3 N–H and O–H groups in total. The Morgan fingerprint density at radius 1 is 0.236 bits per heavy atom. The van der Waals surface area contributed by atoms with Gasteiger partial charge in [-0.2, -0.15) is 0 Å². The van der Waals surface area contributed by atoms with Crippen LogP contribution in [0.3, 0.4) is 0 Å². The number of ether oxygens (including phenoxy) is 9. The second kappa shape index (κ2) is 71.1. The van der Waals surface area contributed by atoms with Crippen LogP contribution in [0.25, 0.3) is 0 Å². The Bertz CT molecular complexity index is 2910. The maximum atomic E-state index is 12.8. The fraction of sp³-hybridized carbons (Fsp3) is 0.867. The van der Waals surface area contributed by atoms with Crippen LogP contribution in [-0.4, -0.2) is 162 Å². The van der Waals surface area contributed by atoms with Crippen LogP contribution in [0.4, 0.5) is 0 Å². The van der Waals surface area contributed by atoms with E-state index in [-0.39, 0.29) is 179 Å². The summed E-state index contributed by atoms with van der Waals surface area (Å²) in [6.45, 7) is 53.4. The average Bonchev–Trinajstić information content (AvgIpc) is 0.903. The highest BCUT2D eigenvalue weighted by Crippen LogP contribution is 2.54. The van der Waals surface area contributed by atoms with Gasteiger partial charge in [-0.1, -0.05) is 289 Å². The van der Waals surface area contributed by atoms with Gasteiger partial charge < -0.3 is 57.7 Å². The Labute approximate surface area is 777 Å². The third-order valence-corrected chi connectivity index (χ3v) is 16.7. The molecule has 766 valence electrons. The SMILES string of the molecule is C.C.C.C.C.CC(C)(C)CC(=O)O.CC(C)(C)CC(=O)O.CC(C)(C)CC(=O)OCCl.CC(C)(C)CC(=O)OCCl.CC(C)(C)CC(=O)OCOP(=O)(Cl)OCOC(=O)CC(C)(C)C.CC(C)(C)CC(=O)OCOP(=O)(O)OCOC(=O)CC(C)(C)C.CC(C)(C)CC(=O)OCOP(=O)(OCOC(=O)CC(C)(C)C)OCOC(=O)CC(C)(C)C.COP(=O)(OC)OC. The molecule has 0 fully saturated rings. The quantitative estimate of drug-likeness (QED) is 0.0171. The van der Waals surface area contributed by atoms with Crippen molar-refractivity contribution in [1.29, 1.82) is 0 Å². The lowest BCUT2D eigenvalue weighted by atomic mass is 9.92. The molecule has 0 radical (unpaired) electrons. The van der Waals surface area contributed by atoms with E-state index < -0.39 is 132 Å². The monoisotopic (exact) mass is 1990 g/mol. The van der Waals surface area contributed by atoms with Crippen LogP contribution < -0.4 is 0 Å². The van der Waals surface area contributed by atoms with Crippen molar-refractivity contribution in [3.8, 4) is 0 Å². The Hall–Kier alpha value is -4.48. The average molecular weight is 1990 g/mol. The minimum atomic E-state index is -4.46. The summed E-state index contributed by atoms with van der Waals surface area (Å²) >= 11 is 15.9. The topological polar surface area (TPSA) is 492 Å². The standard InChI is InChI=1S/C21H39O10P.C14H26ClO7P.C14H27O8P.2C7H13ClO2.2C6H12O2.C3H9O4P.5CH4/c1-19(2,3)10-16(22)26-13-29-32(25,30-14-27-17(23)11-20(4,5)6)31-15-28-18(24)12-21(7,8)9;1-13(2,3)7-11(16)19-9-21-23(15,18)22-10-20-12(17)8-14(4,5)6;1-13(2,3)7-11(15)19-9-21-23(17,18)22-10-20-12(16)8-14(4,5)6;2*1-7(2,3)4-6(9)10-5-8;2*1-6(2,3)4-5(7)8;1-5-8(4,6-2)7-3;;;;;/h10-15H2,1-9H3;7-10H2,1-6H3;7-10H2,1-6H3,(H,17,18);2*4-5H2,1-3H3;2*4H2,1-3H3,(H,7,8);1-3H3;5*1H4. The summed E-state index contributed by atoms with van der Waals surface area (Å²) in [5.74, 6) is -5.77. The summed E-state index contributed by atoms with van der Waals surface area (Å²) in [5, 5.41) is 16.5. The van der Waals surface area contributed by atoms with Crippen molar-refractivity contribution in [3.63, 3.8) is 0 Å². The van der Waals surface area contributed by atoms with Crippen LogP contribution >= 0.6 is 64.9 Å². The molecule has 0 unspecified atom stereocenters. The predicted octanol–water partition coefficient (Wildman–Crippen LogP) is 23.7. The molecule has 0 amide bonds. The van der Waals surface area contributed by atoms with E-state index in [2.05, 4.69) is 50.6 Å².